The Morgan fingerprint density at radius 1 is 1.47 bits per heavy atom. The zero-order valence-electron chi connectivity index (χ0n) is 10.9. The summed E-state index contributed by atoms with van der Waals surface area (Å²) in [6.45, 7) is 6.16. The van der Waals surface area contributed by atoms with Gasteiger partial charge in [-0.3, -0.25) is 9.59 Å². The third-order valence-electron chi connectivity index (χ3n) is 3.40. The number of primary amides is 1. The van der Waals surface area contributed by atoms with Crippen LogP contribution in [-0.2, 0) is 9.59 Å². The molecule has 0 bridgehead atoms. The fraction of sp³-hybridized carbons (Fsp3) is 0.833. The van der Waals surface area contributed by atoms with Gasteiger partial charge in [-0.1, -0.05) is 13.3 Å². The molecule has 1 atom stereocenters. The van der Waals surface area contributed by atoms with Crippen molar-refractivity contribution < 1.29 is 9.59 Å². The van der Waals surface area contributed by atoms with E-state index in [2.05, 4.69) is 10.6 Å². The van der Waals surface area contributed by atoms with Crippen LogP contribution >= 0.6 is 0 Å². The van der Waals surface area contributed by atoms with Crippen molar-refractivity contribution in [3.05, 3.63) is 0 Å². The van der Waals surface area contributed by atoms with E-state index in [9.17, 15) is 9.59 Å². The van der Waals surface area contributed by atoms with Crippen LogP contribution in [0.5, 0.6) is 0 Å². The third kappa shape index (κ3) is 2.97. The Balaban J connectivity index is 2.76. The molecule has 5 nitrogen and oxygen atoms in total. The first-order valence-electron chi connectivity index (χ1n) is 6.21. The van der Waals surface area contributed by atoms with Gasteiger partial charge in [0.25, 0.3) is 0 Å². The zero-order chi connectivity index (χ0) is 13.1. The van der Waals surface area contributed by atoms with Crippen LogP contribution in [0.4, 0.5) is 0 Å². The van der Waals surface area contributed by atoms with E-state index in [1.165, 1.54) is 0 Å². The predicted octanol–water partition coefficient (Wildman–Crippen LogP) is 0.289. The average Bonchev–Trinajstić information content (AvgIpc) is 2.67. The van der Waals surface area contributed by atoms with Crippen molar-refractivity contribution in [2.45, 2.75) is 57.5 Å². The molecule has 4 N–H and O–H groups in total. The second-order valence-electron chi connectivity index (χ2n) is 5.31. The number of hydrogen-bond donors (Lipinski definition) is 3. The van der Waals surface area contributed by atoms with Crippen LogP contribution < -0.4 is 16.4 Å². The van der Waals surface area contributed by atoms with Crippen LogP contribution in [0.3, 0.4) is 0 Å². The van der Waals surface area contributed by atoms with E-state index in [0.717, 1.165) is 32.2 Å². The number of carbonyl (C=O) groups excluding carboxylic acids is 2. The van der Waals surface area contributed by atoms with E-state index in [-0.39, 0.29) is 5.91 Å². The van der Waals surface area contributed by atoms with Crippen LogP contribution in [0.1, 0.15) is 46.5 Å². The Morgan fingerprint density at radius 3 is 2.53 bits per heavy atom. The Bertz CT molecular complexity index is 307. The molecule has 2 amide bonds. The van der Waals surface area contributed by atoms with Gasteiger partial charge in [-0.2, -0.15) is 0 Å². The van der Waals surface area contributed by atoms with Gasteiger partial charge in [-0.05, 0) is 39.7 Å². The van der Waals surface area contributed by atoms with Crippen molar-refractivity contribution in [3.63, 3.8) is 0 Å². The summed E-state index contributed by atoms with van der Waals surface area (Å²) in [4.78, 5) is 23.5. The van der Waals surface area contributed by atoms with E-state index in [4.69, 9.17) is 5.73 Å². The molecule has 5 heteroatoms. The molecule has 0 radical (unpaired) electrons. The molecule has 98 valence electrons. The molecule has 1 aliphatic rings. The van der Waals surface area contributed by atoms with Gasteiger partial charge in [0.1, 0.15) is 5.54 Å². The summed E-state index contributed by atoms with van der Waals surface area (Å²) in [5.41, 5.74) is 3.75. The lowest BCUT2D eigenvalue weighted by molar-refractivity contribution is -0.134. The van der Waals surface area contributed by atoms with Crippen molar-refractivity contribution in [1.29, 1.82) is 0 Å². The monoisotopic (exact) mass is 241 g/mol. The summed E-state index contributed by atoms with van der Waals surface area (Å²) in [5, 5.41) is 6.02. The van der Waals surface area contributed by atoms with Crippen LogP contribution in [0, 0.1) is 0 Å². The molecule has 0 aliphatic carbocycles. The second-order valence-corrected chi connectivity index (χ2v) is 5.31. The highest BCUT2D eigenvalue weighted by Crippen LogP contribution is 2.25. The fourth-order valence-electron chi connectivity index (χ4n) is 2.22. The molecule has 1 fully saturated rings. The molecule has 1 saturated heterocycles. The van der Waals surface area contributed by atoms with Gasteiger partial charge in [0, 0.05) is 0 Å². The number of amides is 2. The molecule has 0 aromatic heterocycles. The first-order valence-corrected chi connectivity index (χ1v) is 6.21. The summed E-state index contributed by atoms with van der Waals surface area (Å²) in [6.07, 6.45) is 3.52. The lowest BCUT2D eigenvalue weighted by Gasteiger charge is -2.32. The molecule has 17 heavy (non-hydrogen) atoms. The van der Waals surface area contributed by atoms with Crippen molar-refractivity contribution in [2.75, 3.05) is 6.54 Å². The maximum Gasteiger partial charge on any atom is 0.242 e. The highest BCUT2D eigenvalue weighted by atomic mass is 16.2. The average molecular weight is 241 g/mol. The van der Waals surface area contributed by atoms with Crippen molar-refractivity contribution >= 4 is 11.8 Å². The van der Waals surface area contributed by atoms with E-state index < -0.39 is 17.0 Å². The number of carbonyl (C=O) groups is 2. The summed E-state index contributed by atoms with van der Waals surface area (Å²) < 4.78 is 0. The van der Waals surface area contributed by atoms with Gasteiger partial charge in [-0.25, -0.2) is 0 Å². The predicted molar refractivity (Wildman–Crippen MR) is 66.3 cm³/mol. The molecule has 1 heterocycles. The smallest absolute Gasteiger partial charge is 0.242 e. The molecular formula is C12H23N3O2. The second kappa shape index (κ2) is 5.04. The van der Waals surface area contributed by atoms with Crippen molar-refractivity contribution in [1.82, 2.24) is 10.6 Å². The van der Waals surface area contributed by atoms with Gasteiger partial charge in [0.2, 0.25) is 11.8 Å². The van der Waals surface area contributed by atoms with Crippen molar-refractivity contribution in [3.8, 4) is 0 Å². The number of nitrogens with two attached hydrogens (primary N) is 1. The van der Waals surface area contributed by atoms with Crippen LogP contribution in [-0.4, -0.2) is 29.4 Å². The number of rotatable bonds is 5. The highest BCUT2D eigenvalue weighted by molar-refractivity contribution is 5.93. The minimum absolute atomic E-state index is 0.111. The SMILES string of the molecule is CCCC1(C(=O)NC(C)(C)C(N)=O)CCCN1. The molecule has 0 aromatic rings. The van der Waals surface area contributed by atoms with Crippen LogP contribution in [0.25, 0.3) is 0 Å². The quantitative estimate of drug-likeness (QED) is 0.647. The molecule has 1 unspecified atom stereocenters. The molecule has 0 spiro atoms. The molecule has 0 saturated carbocycles. The molecule has 1 aliphatic heterocycles. The summed E-state index contributed by atoms with van der Waals surface area (Å²) in [5.74, 6) is -0.629. The summed E-state index contributed by atoms with van der Waals surface area (Å²) in [7, 11) is 0. The molecule has 1 rings (SSSR count). The van der Waals surface area contributed by atoms with Gasteiger partial charge < -0.3 is 16.4 Å². The van der Waals surface area contributed by atoms with Crippen LogP contribution in [0.2, 0.25) is 0 Å². The minimum atomic E-state index is -0.998. The Labute approximate surface area is 103 Å². The van der Waals surface area contributed by atoms with E-state index >= 15 is 0 Å². The zero-order valence-corrected chi connectivity index (χ0v) is 10.9. The minimum Gasteiger partial charge on any atom is -0.368 e. The maximum absolute atomic E-state index is 12.3. The summed E-state index contributed by atoms with van der Waals surface area (Å²) >= 11 is 0. The van der Waals surface area contributed by atoms with Gasteiger partial charge in [-0.15, -0.1) is 0 Å². The van der Waals surface area contributed by atoms with Crippen LogP contribution in [0.15, 0.2) is 0 Å². The Hall–Kier alpha value is -1.10. The summed E-state index contributed by atoms with van der Waals surface area (Å²) in [6, 6.07) is 0. The van der Waals surface area contributed by atoms with E-state index in [1.54, 1.807) is 13.8 Å². The molecular weight excluding hydrogens is 218 g/mol. The highest BCUT2D eigenvalue weighted by Gasteiger charge is 2.42. The lowest BCUT2D eigenvalue weighted by Crippen LogP contribution is -2.61. The number of hydrogen-bond acceptors (Lipinski definition) is 3. The van der Waals surface area contributed by atoms with Crippen molar-refractivity contribution in [2.24, 2.45) is 5.73 Å². The van der Waals surface area contributed by atoms with E-state index in [0.29, 0.717) is 0 Å². The van der Waals surface area contributed by atoms with Gasteiger partial charge in [0.15, 0.2) is 0 Å². The Morgan fingerprint density at radius 2 is 2.12 bits per heavy atom. The maximum atomic E-state index is 12.3. The van der Waals surface area contributed by atoms with E-state index in [1.807, 2.05) is 6.92 Å². The van der Waals surface area contributed by atoms with Gasteiger partial charge in [0.05, 0.1) is 5.54 Å². The third-order valence-corrected chi connectivity index (χ3v) is 3.40. The standard InChI is InChI=1S/C12H23N3O2/c1-4-6-12(7-5-8-14-12)10(17)15-11(2,3)9(13)16/h14H,4-8H2,1-3H3,(H2,13,16)(H,15,17). The Kier molecular flexibility index (Phi) is 4.14. The molecule has 0 aromatic carbocycles. The fourth-order valence-corrected chi connectivity index (χ4v) is 2.22. The largest absolute Gasteiger partial charge is 0.368 e. The first-order chi connectivity index (χ1) is 7.84. The first kappa shape index (κ1) is 14.0. The lowest BCUT2D eigenvalue weighted by atomic mass is 9.89. The number of nitrogens with one attached hydrogen (secondary N) is 2. The normalized spacial score (nSPS) is 24.6. The topological polar surface area (TPSA) is 84.2 Å². The van der Waals surface area contributed by atoms with Gasteiger partial charge >= 0.3 is 0 Å².